The van der Waals surface area contributed by atoms with Crippen molar-refractivity contribution < 1.29 is 4.74 Å². The molecule has 0 amide bonds. The van der Waals surface area contributed by atoms with Crippen molar-refractivity contribution in [1.29, 1.82) is 0 Å². The molecule has 0 radical (unpaired) electrons. The van der Waals surface area contributed by atoms with Gasteiger partial charge in [0.1, 0.15) is 0 Å². The zero-order chi connectivity index (χ0) is 13.1. The number of rotatable bonds is 2. The van der Waals surface area contributed by atoms with Crippen molar-refractivity contribution in [3.05, 3.63) is 23.8 Å². The fourth-order valence-corrected chi connectivity index (χ4v) is 3.08. The number of nitrogens with zero attached hydrogens (tertiary/aromatic N) is 2. The van der Waals surface area contributed by atoms with Crippen molar-refractivity contribution in [3.8, 4) is 0 Å². The minimum atomic E-state index is 0.854. The lowest BCUT2D eigenvalue weighted by Crippen LogP contribution is -2.36. The standard InChI is InChI=1S/C16H24N2O/c1-14-11-15(17-5-3-2-4-6-17)13-16(12-14)18-7-9-19-10-8-18/h11-13H,2-10H2,1H3. The second-order valence-electron chi connectivity index (χ2n) is 5.67. The Balaban J connectivity index is 1.82. The molecule has 0 aromatic heterocycles. The molecule has 3 nitrogen and oxygen atoms in total. The molecule has 104 valence electrons. The van der Waals surface area contributed by atoms with E-state index >= 15 is 0 Å². The van der Waals surface area contributed by atoms with Crippen LogP contribution in [0.25, 0.3) is 0 Å². The Hall–Kier alpha value is -1.22. The Morgan fingerprint density at radius 2 is 1.37 bits per heavy atom. The summed E-state index contributed by atoms with van der Waals surface area (Å²) >= 11 is 0. The van der Waals surface area contributed by atoms with Crippen LogP contribution < -0.4 is 9.80 Å². The molecule has 3 rings (SSSR count). The lowest BCUT2D eigenvalue weighted by molar-refractivity contribution is 0.122. The first-order chi connectivity index (χ1) is 9.33. The summed E-state index contributed by atoms with van der Waals surface area (Å²) in [6.07, 6.45) is 4.06. The molecule has 0 aliphatic carbocycles. The van der Waals surface area contributed by atoms with E-state index in [1.807, 2.05) is 0 Å². The molecule has 0 unspecified atom stereocenters. The van der Waals surface area contributed by atoms with E-state index in [0.29, 0.717) is 0 Å². The number of piperidine rings is 1. The minimum absolute atomic E-state index is 0.854. The first-order valence-corrected chi connectivity index (χ1v) is 7.52. The van der Waals surface area contributed by atoms with Crippen molar-refractivity contribution >= 4 is 11.4 Å². The highest BCUT2D eigenvalue weighted by atomic mass is 16.5. The van der Waals surface area contributed by atoms with Gasteiger partial charge in [0.05, 0.1) is 13.2 Å². The number of hydrogen-bond donors (Lipinski definition) is 0. The van der Waals surface area contributed by atoms with Crippen molar-refractivity contribution in [2.24, 2.45) is 0 Å². The predicted octanol–water partition coefficient (Wildman–Crippen LogP) is 2.82. The monoisotopic (exact) mass is 260 g/mol. The molecule has 0 N–H and O–H groups in total. The summed E-state index contributed by atoms with van der Waals surface area (Å²) < 4.78 is 5.45. The van der Waals surface area contributed by atoms with E-state index in [1.54, 1.807) is 0 Å². The molecular formula is C16H24N2O. The molecule has 0 spiro atoms. The van der Waals surface area contributed by atoms with Crippen LogP contribution in [-0.2, 0) is 4.74 Å². The molecule has 3 heteroatoms. The van der Waals surface area contributed by atoms with E-state index in [0.717, 1.165) is 26.3 Å². The maximum atomic E-state index is 5.45. The Bertz CT molecular complexity index is 385. The minimum Gasteiger partial charge on any atom is -0.378 e. The van der Waals surface area contributed by atoms with Gasteiger partial charge in [-0.3, -0.25) is 0 Å². The first-order valence-electron chi connectivity index (χ1n) is 7.52. The molecule has 2 aliphatic heterocycles. The van der Waals surface area contributed by atoms with Gasteiger partial charge < -0.3 is 14.5 Å². The highest BCUT2D eigenvalue weighted by Gasteiger charge is 2.15. The van der Waals surface area contributed by atoms with Crippen LogP contribution in [0.15, 0.2) is 18.2 Å². The molecule has 1 aromatic rings. The summed E-state index contributed by atoms with van der Waals surface area (Å²) in [5, 5.41) is 0. The number of aryl methyl sites for hydroxylation is 1. The molecule has 2 fully saturated rings. The average molecular weight is 260 g/mol. The zero-order valence-corrected chi connectivity index (χ0v) is 11.9. The van der Waals surface area contributed by atoms with Gasteiger partial charge in [-0.05, 0) is 49.9 Å². The number of ether oxygens (including phenoxy) is 1. The summed E-state index contributed by atoms with van der Waals surface area (Å²) in [6.45, 7) is 8.38. The molecule has 0 bridgehead atoms. The Morgan fingerprint density at radius 1 is 0.789 bits per heavy atom. The third kappa shape index (κ3) is 3.03. The van der Waals surface area contributed by atoms with Crippen LogP contribution in [0.3, 0.4) is 0 Å². The van der Waals surface area contributed by atoms with Crippen LogP contribution in [-0.4, -0.2) is 39.4 Å². The molecule has 2 aliphatic rings. The molecule has 19 heavy (non-hydrogen) atoms. The van der Waals surface area contributed by atoms with Gasteiger partial charge in [-0.15, -0.1) is 0 Å². The lowest BCUT2D eigenvalue weighted by Gasteiger charge is -2.32. The predicted molar refractivity (Wildman–Crippen MR) is 80.3 cm³/mol. The summed E-state index contributed by atoms with van der Waals surface area (Å²) in [7, 11) is 0. The number of anilines is 2. The van der Waals surface area contributed by atoms with Crippen LogP contribution in [0.5, 0.6) is 0 Å². The van der Waals surface area contributed by atoms with Crippen LogP contribution in [0.2, 0.25) is 0 Å². The van der Waals surface area contributed by atoms with E-state index in [-0.39, 0.29) is 0 Å². The van der Waals surface area contributed by atoms with E-state index in [1.165, 1.54) is 49.3 Å². The maximum Gasteiger partial charge on any atom is 0.0642 e. The quantitative estimate of drug-likeness (QED) is 0.813. The van der Waals surface area contributed by atoms with Crippen LogP contribution >= 0.6 is 0 Å². The van der Waals surface area contributed by atoms with Gasteiger partial charge in [0, 0.05) is 37.6 Å². The summed E-state index contributed by atoms with van der Waals surface area (Å²) in [5.41, 5.74) is 4.13. The van der Waals surface area contributed by atoms with Crippen molar-refractivity contribution in [2.45, 2.75) is 26.2 Å². The third-order valence-electron chi connectivity index (χ3n) is 4.14. The Kier molecular flexibility index (Phi) is 3.92. The third-order valence-corrected chi connectivity index (χ3v) is 4.14. The second-order valence-corrected chi connectivity index (χ2v) is 5.67. The largest absolute Gasteiger partial charge is 0.378 e. The highest BCUT2D eigenvalue weighted by molar-refractivity contribution is 5.62. The molecular weight excluding hydrogens is 236 g/mol. The van der Waals surface area contributed by atoms with E-state index < -0.39 is 0 Å². The molecule has 2 saturated heterocycles. The lowest BCUT2D eigenvalue weighted by atomic mass is 10.1. The maximum absolute atomic E-state index is 5.45. The van der Waals surface area contributed by atoms with Crippen molar-refractivity contribution in [2.75, 3.05) is 49.2 Å². The SMILES string of the molecule is Cc1cc(N2CCCCC2)cc(N2CCOCC2)c1. The smallest absolute Gasteiger partial charge is 0.0642 e. The normalized spacial score (nSPS) is 20.7. The number of hydrogen-bond acceptors (Lipinski definition) is 3. The van der Waals surface area contributed by atoms with Gasteiger partial charge in [-0.1, -0.05) is 0 Å². The second kappa shape index (κ2) is 5.83. The average Bonchev–Trinajstić information content (AvgIpc) is 2.48. The summed E-state index contributed by atoms with van der Waals surface area (Å²) in [5.74, 6) is 0. The Labute approximate surface area is 116 Å². The van der Waals surface area contributed by atoms with Crippen LogP contribution in [0.1, 0.15) is 24.8 Å². The fraction of sp³-hybridized carbons (Fsp3) is 0.625. The van der Waals surface area contributed by atoms with Gasteiger partial charge in [0.2, 0.25) is 0 Å². The number of benzene rings is 1. The van der Waals surface area contributed by atoms with Crippen molar-refractivity contribution in [3.63, 3.8) is 0 Å². The molecule has 2 heterocycles. The van der Waals surface area contributed by atoms with Gasteiger partial charge in [0.25, 0.3) is 0 Å². The van der Waals surface area contributed by atoms with Crippen molar-refractivity contribution in [1.82, 2.24) is 0 Å². The van der Waals surface area contributed by atoms with Crippen LogP contribution in [0.4, 0.5) is 11.4 Å². The summed E-state index contributed by atoms with van der Waals surface area (Å²) in [4.78, 5) is 4.99. The highest BCUT2D eigenvalue weighted by Crippen LogP contribution is 2.27. The first kappa shape index (κ1) is 12.8. The van der Waals surface area contributed by atoms with E-state index in [9.17, 15) is 0 Å². The Morgan fingerprint density at radius 3 is 2.00 bits per heavy atom. The zero-order valence-electron chi connectivity index (χ0n) is 11.9. The molecule has 1 aromatic carbocycles. The van der Waals surface area contributed by atoms with E-state index in [2.05, 4.69) is 34.9 Å². The van der Waals surface area contributed by atoms with E-state index in [4.69, 9.17) is 4.74 Å². The van der Waals surface area contributed by atoms with Crippen LogP contribution in [0, 0.1) is 6.92 Å². The topological polar surface area (TPSA) is 15.7 Å². The molecule has 0 atom stereocenters. The fourth-order valence-electron chi connectivity index (χ4n) is 3.08. The van der Waals surface area contributed by atoms with Gasteiger partial charge in [-0.2, -0.15) is 0 Å². The molecule has 0 saturated carbocycles. The van der Waals surface area contributed by atoms with Gasteiger partial charge in [0.15, 0.2) is 0 Å². The number of morpholine rings is 1. The summed E-state index contributed by atoms with van der Waals surface area (Å²) in [6, 6.07) is 7.00. The van der Waals surface area contributed by atoms with Gasteiger partial charge in [-0.25, -0.2) is 0 Å². The van der Waals surface area contributed by atoms with Gasteiger partial charge >= 0.3 is 0 Å².